The molecule has 0 aliphatic heterocycles. The zero-order valence-electron chi connectivity index (χ0n) is 17.8. The summed E-state index contributed by atoms with van der Waals surface area (Å²) in [6.07, 6.45) is 3.55. The van der Waals surface area contributed by atoms with E-state index in [4.69, 9.17) is 0 Å². The van der Waals surface area contributed by atoms with Crippen molar-refractivity contribution in [1.82, 2.24) is 9.55 Å². The van der Waals surface area contributed by atoms with Crippen molar-refractivity contribution in [1.29, 1.82) is 5.26 Å². The Morgan fingerprint density at radius 1 is 0.576 bits per heavy atom. The summed E-state index contributed by atoms with van der Waals surface area (Å²) in [6, 6.07) is 37.8. The SMILES string of the molecule is N#Cc1cc(-c2ccncc2)cc(-n2c3ccccc3c3cc(-c4ccccc4)ccc32)c1. The zero-order chi connectivity index (χ0) is 22.2. The van der Waals surface area contributed by atoms with Crippen molar-refractivity contribution in [2.75, 3.05) is 0 Å². The highest BCUT2D eigenvalue weighted by Crippen LogP contribution is 2.36. The molecule has 0 atom stereocenters. The highest BCUT2D eigenvalue weighted by atomic mass is 15.0. The molecule has 0 N–H and O–H groups in total. The first-order valence-corrected chi connectivity index (χ1v) is 10.9. The number of hydrogen-bond acceptors (Lipinski definition) is 2. The van der Waals surface area contributed by atoms with Gasteiger partial charge in [0.2, 0.25) is 0 Å². The van der Waals surface area contributed by atoms with Crippen LogP contribution in [-0.4, -0.2) is 9.55 Å². The Morgan fingerprint density at radius 2 is 1.30 bits per heavy atom. The molecule has 3 heteroatoms. The fourth-order valence-corrected chi connectivity index (χ4v) is 4.58. The molecule has 33 heavy (non-hydrogen) atoms. The summed E-state index contributed by atoms with van der Waals surface area (Å²) in [5.41, 5.74) is 8.26. The minimum atomic E-state index is 0.631. The Kier molecular flexibility index (Phi) is 4.49. The molecule has 6 aromatic rings. The van der Waals surface area contributed by atoms with Crippen LogP contribution in [0.3, 0.4) is 0 Å². The molecule has 0 saturated carbocycles. The maximum atomic E-state index is 9.75. The lowest BCUT2D eigenvalue weighted by Gasteiger charge is -2.11. The lowest BCUT2D eigenvalue weighted by atomic mass is 10.0. The molecule has 4 aromatic carbocycles. The number of fused-ring (bicyclic) bond motifs is 3. The molecule has 0 unspecified atom stereocenters. The molecule has 0 bridgehead atoms. The topological polar surface area (TPSA) is 41.6 Å². The van der Waals surface area contributed by atoms with Crippen molar-refractivity contribution in [3.63, 3.8) is 0 Å². The van der Waals surface area contributed by atoms with Crippen LogP contribution < -0.4 is 0 Å². The van der Waals surface area contributed by atoms with Gasteiger partial charge >= 0.3 is 0 Å². The van der Waals surface area contributed by atoms with Gasteiger partial charge in [-0.3, -0.25) is 4.98 Å². The van der Waals surface area contributed by atoms with Crippen LogP contribution in [0.5, 0.6) is 0 Å². The van der Waals surface area contributed by atoms with Gasteiger partial charge in [0.25, 0.3) is 0 Å². The van der Waals surface area contributed by atoms with Gasteiger partial charge in [-0.15, -0.1) is 0 Å². The summed E-state index contributed by atoms with van der Waals surface area (Å²) >= 11 is 0. The van der Waals surface area contributed by atoms with Crippen LogP contribution in [0.2, 0.25) is 0 Å². The standard InChI is InChI=1S/C30H19N3/c31-20-21-16-25(23-12-14-32-15-13-23)18-26(17-21)33-29-9-5-4-8-27(29)28-19-24(10-11-30(28)33)22-6-2-1-3-7-22/h1-19H. The summed E-state index contributed by atoms with van der Waals surface area (Å²) in [5.74, 6) is 0. The average molecular weight is 422 g/mol. The zero-order valence-corrected chi connectivity index (χ0v) is 17.8. The Bertz CT molecular complexity index is 1660. The summed E-state index contributed by atoms with van der Waals surface area (Å²) in [6.45, 7) is 0. The third-order valence-corrected chi connectivity index (χ3v) is 6.10. The van der Waals surface area contributed by atoms with Crippen LogP contribution in [0, 0.1) is 11.3 Å². The van der Waals surface area contributed by atoms with E-state index in [0.29, 0.717) is 5.56 Å². The predicted molar refractivity (Wildman–Crippen MR) is 134 cm³/mol. The van der Waals surface area contributed by atoms with E-state index in [-0.39, 0.29) is 0 Å². The number of nitrogens with zero attached hydrogens (tertiary/aromatic N) is 3. The van der Waals surface area contributed by atoms with Crippen LogP contribution in [-0.2, 0) is 0 Å². The van der Waals surface area contributed by atoms with Crippen LogP contribution >= 0.6 is 0 Å². The molecular weight excluding hydrogens is 402 g/mol. The molecule has 3 nitrogen and oxygen atoms in total. The van der Waals surface area contributed by atoms with Crippen molar-refractivity contribution in [3.8, 4) is 34.0 Å². The van der Waals surface area contributed by atoms with Crippen molar-refractivity contribution >= 4 is 21.8 Å². The van der Waals surface area contributed by atoms with Gasteiger partial charge in [0, 0.05) is 28.9 Å². The van der Waals surface area contributed by atoms with Gasteiger partial charge in [0.15, 0.2) is 0 Å². The summed E-state index contributed by atoms with van der Waals surface area (Å²) in [7, 11) is 0. The molecular formula is C30H19N3. The number of aromatic nitrogens is 2. The molecule has 0 fully saturated rings. The first-order chi connectivity index (χ1) is 16.3. The molecule has 6 rings (SSSR count). The largest absolute Gasteiger partial charge is 0.309 e. The highest BCUT2D eigenvalue weighted by molar-refractivity contribution is 6.10. The number of para-hydroxylation sites is 1. The van der Waals surface area contributed by atoms with Gasteiger partial charge in [-0.2, -0.15) is 5.26 Å². The van der Waals surface area contributed by atoms with E-state index in [2.05, 4.69) is 88.4 Å². The Labute approximate surface area is 191 Å². The van der Waals surface area contributed by atoms with Gasteiger partial charge in [-0.05, 0) is 70.8 Å². The van der Waals surface area contributed by atoms with E-state index < -0.39 is 0 Å². The van der Waals surface area contributed by atoms with Crippen LogP contribution in [0.4, 0.5) is 0 Å². The average Bonchev–Trinajstić information content (AvgIpc) is 3.23. The maximum Gasteiger partial charge on any atom is 0.0992 e. The second-order valence-electron chi connectivity index (χ2n) is 8.07. The van der Waals surface area contributed by atoms with Gasteiger partial charge in [-0.1, -0.05) is 54.6 Å². The van der Waals surface area contributed by atoms with E-state index in [1.165, 1.54) is 21.9 Å². The normalized spacial score (nSPS) is 11.0. The quantitative estimate of drug-likeness (QED) is 0.299. The molecule has 0 amide bonds. The van der Waals surface area contributed by atoms with E-state index in [9.17, 15) is 5.26 Å². The first kappa shape index (κ1) is 19.0. The molecule has 0 aliphatic carbocycles. The third-order valence-electron chi connectivity index (χ3n) is 6.10. The number of rotatable bonds is 3. The van der Waals surface area contributed by atoms with Gasteiger partial charge in [0.1, 0.15) is 0 Å². The van der Waals surface area contributed by atoms with Gasteiger partial charge < -0.3 is 4.57 Å². The Balaban J connectivity index is 1.64. The van der Waals surface area contributed by atoms with Crippen molar-refractivity contribution in [2.24, 2.45) is 0 Å². The van der Waals surface area contributed by atoms with Crippen LogP contribution in [0.25, 0.3) is 49.7 Å². The van der Waals surface area contributed by atoms with Crippen molar-refractivity contribution < 1.29 is 0 Å². The van der Waals surface area contributed by atoms with E-state index >= 15 is 0 Å². The second-order valence-corrected chi connectivity index (χ2v) is 8.07. The number of nitriles is 1. The molecule has 0 spiro atoms. The molecule has 0 saturated heterocycles. The van der Waals surface area contributed by atoms with E-state index in [1.54, 1.807) is 12.4 Å². The van der Waals surface area contributed by atoms with Crippen LogP contribution in [0.1, 0.15) is 5.56 Å². The number of pyridine rings is 1. The summed E-state index contributed by atoms with van der Waals surface area (Å²) < 4.78 is 2.25. The van der Waals surface area contributed by atoms with E-state index in [1.807, 2.05) is 30.3 Å². The monoisotopic (exact) mass is 421 g/mol. The third kappa shape index (κ3) is 3.26. The highest BCUT2D eigenvalue weighted by Gasteiger charge is 2.14. The first-order valence-electron chi connectivity index (χ1n) is 10.9. The molecule has 2 aromatic heterocycles. The van der Waals surface area contributed by atoms with Gasteiger partial charge in [0.05, 0.1) is 22.7 Å². The van der Waals surface area contributed by atoms with Gasteiger partial charge in [-0.25, -0.2) is 0 Å². The second kappa shape index (κ2) is 7.78. The molecule has 0 radical (unpaired) electrons. The fourth-order valence-electron chi connectivity index (χ4n) is 4.58. The molecule has 154 valence electrons. The molecule has 2 heterocycles. The van der Waals surface area contributed by atoms with Crippen molar-refractivity contribution in [2.45, 2.75) is 0 Å². The minimum absolute atomic E-state index is 0.631. The van der Waals surface area contributed by atoms with E-state index in [0.717, 1.165) is 27.8 Å². The van der Waals surface area contributed by atoms with Crippen molar-refractivity contribution in [3.05, 3.63) is 121 Å². The van der Waals surface area contributed by atoms with Crippen LogP contribution in [0.15, 0.2) is 116 Å². The lowest BCUT2D eigenvalue weighted by Crippen LogP contribution is -1.96. The Hall–Kier alpha value is -4.68. The smallest absolute Gasteiger partial charge is 0.0992 e. The number of hydrogen-bond donors (Lipinski definition) is 0. The lowest BCUT2D eigenvalue weighted by molar-refractivity contribution is 1.18. The maximum absolute atomic E-state index is 9.75. The minimum Gasteiger partial charge on any atom is -0.309 e. The summed E-state index contributed by atoms with van der Waals surface area (Å²) in [4.78, 5) is 4.13. The Morgan fingerprint density at radius 3 is 2.12 bits per heavy atom. The fraction of sp³-hybridized carbons (Fsp3) is 0. The summed E-state index contributed by atoms with van der Waals surface area (Å²) in [5, 5.41) is 12.1. The number of benzene rings is 4. The molecule has 0 aliphatic rings. The predicted octanol–water partition coefficient (Wildman–Crippen LogP) is 7.38.